The number of hydrogen-bond acceptors (Lipinski definition) is 3. The first kappa shape index (κ1) is 20.1. The van der Waals surface area contributed by atoms with E-state index in [1.54, 1.807) is 55.5 Å². The van der Waals surface area contributed by atoms with Gasteiger partial charge in [0.25, 0.3) is 0 Å². The van der Waals surface area contributed by atoms with E-state index in [1.165, 1.54) is 13.0 Å². The second kappa shape index (κ2) is 8.47. The van der Waals surface area contributed by atoms with Crippen LogP contribution in [0.4, 0.5) is 0 Å². The number of nitrogens with one attached hydrogen (secondary N) is 1. The Kier molecular flexibility index (Phi) is 6.57. The highest BCUT2D eigenvalue weighted by Gasteiger charge is 2.19. The van der Waals surface area contributed by atoms with Crippen LogP contribution in [0.2, 0.25) is 5.02 Å². The Hall–Kier alpha value is -2.17. The van der Waals surface area contributed by atoms with Gasteiger partial charge in [0, 0.05) is 10.6 Å². The van der Waals surface area contributed by atoms with Crippen LogP contribution in [0.5, 0.6) is 0 Å². The van der Waals surface area contributed by atoms with Gasteiger partial charge in [0.15, 0.2) is 5.78 Å². The minimum Gasteiger partial charge on any atom is -0.294 e. The molecule has 0 saturated heterocycles. The molecular weight excluding hydrogens is 370 g/mol. The van der Waals surface area contributed by atoms with Gasteiger partial charge in [-0.3, -0.25) is 4.79 Å². The van der Waals surface area contributed by atoms with Gasteiger partial charge in [0.1, 0.15) is 0 Å². The van der Waals surface area contributed by atoms with E-state index in [0.29, 0.717) is 16.2 Å². The number of sulfonamides is 1. The summed E-state index contributed by atoms with van der Waals surface area (Å²) in [4.78, 5) is 11.6. The van der Waals surface area contributed by atoms with Crippen LogP contribution in [0.1, 0.15) is 31.0 Å². The highest BCUT2D eigenvalue weighted by Crippen LogP contribution is 2.21. The lowest BCUT2D eigenvalue weighted by Crippen LogP contribution is -2.27. The third-order valence-electron chi connectivity index (χ3n) is 3.84. The predicted octanol–water partition coefficient (Wildman–Crippen LogP) is 4.36. The molecule has 0 amide bonds. The molecule has 0 aromatic heterocycles. The molecule has 1 atom stereocenters. The van der Waals surface area contributed by atoms with Crippen LogP contribution in [-0.2, 0) is 14.8 Å². The highest BCUT2D eigenvalue weighted by molar-refractivity contribution is 7.89. The van der Waals surface area contributed by atoms with Crippen LogP contribution in [0.25, 0.3) is 0 Å². The highest BCUT2D eigenvalue weighted by atomic mass is 35.5. The number of carbonyl (C=O) groups is 1. The maximum Gasteiger partial charge on any atom is 0.241 e. The van der Waals surface area contributed by atoms with Gasteiger partial charge in [0.2, 0.25) is 10.0 Å². The molecule has 0 aliphatic rings. The summed E-state index contributed by atoms with van der Waals surface area (Å²) in [5.41, 5.74) is 4.94. The number of carbonyl (C=O) groups excluding carboxylic acids is 1. The molecule has 0 aliphatic heterocycles. The number of aryl methyl sites for hydroxylation is 1. The Bertz CT molecular complexity index is 955. The molecule has 2 aromatic rings. The predicted molar refractivity (Wildman–Crippen MR) is 104 cm³/mol. The van der Waals surface area contributed by atoms with E-state index in [9.17, 15) is 13.2 Å². The number of hydrogen-bond donors (Lipinski definition) is 1. The van der Waals surface area contributed by atoms with Gasteiger partial charge in [0.05, 0.1) is 10.9 Å². The summed E-state index contributed by atoms with van der Waals surface area (Å²) < 4.78 is 28.1. The van der Waals surface area contributed by atoms with Gasteiger partial charge >= 0.3 is 0 Å². The maximum absolute atomic E-state index is 12.7. The van der Waals surface area contributed by atoms with Gasteiger partial charge in [-0.1, -0.05) is 41.4 Å². The van der Waals surface area contributed by atoms with Crippen LogP contribution in [0.3, 0.4) is 0 Å². The fraction of sp³-hybridized carbons (Fsp3) is 0.200. The molecule has 0 fully saturated rings. The molecule has 6 heteroatoms. The second-order valence-electron chi connectivity index (χ2n) is 5.96. The van der Waals surface area contributed by atoms with Crippen LogP contribution in [0, 0.1) is 6.92 Å². The van der Waals surface area contributed by atoms with Crippen LogP contribution < -0.4 is 4.72 Å². The third kappa shape index (κ3) is 5.41. The fourth-order valence-corrected chi connectivity index (χ4v) is 3.43. The molecule has 0 spiro atoms. The zero-order valence-electron chi connectivity index (χ0n) is 14.8. The van der Waals surface area contributed by atoms with Crippen molar-refractivity contribution in [3.8, 4) is 0 Å². The Balaban J connectivity index is 2.43. The molecule has 1 N–H and O–H groups in total. The SMILES string of the molecule is CC(=O)C(C)=C=CC(NS(=O)(=O)c1ccc(C)cc1)c1ccc(Cl)cc1. The van der Waals surface area contributed by atoms with Crippen molar-refractivity contribution in [3.05, 3.63) is 82.1 Å². The van der Waals surface area contributed by atoms with Crippen molar-refractivity contribution in [1.82, 2.24) is 4.72 Å². The first-order valence-corrected chi connectivity index (χ1v) is 9.84. The molecule has 0 heterocycles. The minimum atomic E-state index is -3.75. The first-order valence-electron chi connectivity index (χ1n) is 7.98. The summed E-state index contributed by atoms with van der Waals surface area (Å²) in [5.74, 6) is -0.127. The van der Waals surface area contributed by atoms with E-state index in [-0.39, 0.29) is 10.7 Å². The van der Waals surface area contributed by atoms with E-state index in [1.807, 2.05) is 6.92 Å². The molecule has 1 unspecified atom stereocenters. The third-order valence-corrected chi connectivity index (χ3v) is 5.55. The molecule has 0 bridgehead atoms. The molecule has 2 rings (SSSR count). The summed E-state index contributed by atoms with van der Waals surface area (Å²) in [6, 6.07) is 12.7. The lowest BCUT2D eigenvalue weighted by Gasteiger charge is -2.15. The van der Waals surface area contributed by atoms with E-state index in [4.69, 9.17) is 11.6 Å². The largest absolute Gasteiger partial charge is 0.294 e. The van der Waals surface area contributed by atoms with E-state index in [2.05, 4.69) is 10.5 Å². The molecule has 4 nitrogen and oxygen atoms in total. The van der Waals surface area contributed by atoms with Crippen molar-refractivity contribution in [2.24, 2.45) is 0 Å². The topological polar surface area (TPSA) is 63.2 Å². The number of rotatable bonds is 6. The molecule has 2 aromatic carbocycles. The molecule has 0 aliphatic carbocycles. The number of benzene rings is 2. The summed E-state index contributed by atoms with van der Waals surface area (Å²) in [6.07, 6.45) is 1.53. The van der Waals surface area contributed by atoms with Crippen molar-refractivity contribution in [1.29, 1.82) is 0 Å². The van der Waals surface area contributed by atoms with Crippen molar-refractivity contribution < 1.29 is 13.2 Å². The van der Waals surface area contributed by atoms with Gasteiger partial charge in [-0.25, -0.2) is 8.42 Å². The minimum absolute atomic E-state index is 0.127. The van der Waals surface area contributed by atoms with E-state index in [0.717, 1.165) is 5.56 Å². The monoisotopic (exact) mass is 389 g/mol. The molecule has 136 valence electrons. The first-order chi connectivity index (χ1) is 12.2. The summed E-state index contributed by atoms with van der Waals surface area (Å²) >= 11 is 5.92. The summed E-state index contributed by atoms with van der Waals surface area (Å²) in [7, 11) is -3.75. The van der Waals surface area contributed by atoms with Crippen LogP contribution >= 0.6 is 11.6 Å². The second-order valence-corrected chi connectivity index (χ2v) is 8.11. The number of ketones is 1. The zero-order chi connectivity index (χ0) is 19.3. The Morgan fingerprint density at radius 2 is 1.65 bits per heavy atom. The van der Waals surface area contributed by atoms with Crippen molar-refractivity contribution >= 4 is 27.4 Å². The van der Waals surface area contributed by atoms with Gasteiger partial charge in [-0.15, -0.1) is 5.73 Å². The Labute approximate surface area is 159 Å². The lowest BCUT2D eigenvalue weighted by molar-refractivity contribution is -0.113. The van der Waals surface area contributed by atoms with Crippen molar-refractivity contribution in [3.63, 3.8) is 0 Å². The molecule has 26 heavy (non-hydrogen) atoms. The van der Waals surface area contributed by atoms with E-state index >= 15 is 0 Å². The average Bonchev–Trinajstić information content (AvgIpc) is 2.59. The van der Waals surface area contributed by atoms with Gasteiger partial charge < -0.3 is 0 Å². The van der Waals surface area contributed by atoms with Gasteiger partial charge in [-0.05, 0) is 56.7 Å². The fourth-order valence-electron chi connectivity index (χ4n) is 2.13. The van der Waals surface area contributed by atoms with Crippen molar-refractivity contribution in [2.45, 2.75) is 31.7 Å². The zero-order valence-corrected chi connectivity index (χ0v) is 16.4. The molecule has 0 radical (unpaired) electrons. The van der Waals surface area contributed by atoms with E-state index < -0.39 is 16.1 Å². The number of Topliss-reactive ketones (excluding diaryl/α,β-unsaturated/α-hetero) is 1. The Morgan fingerprint density at radius 3 is 2.19 bits per heavy atom. The van der Waals surface area contributed by atoms with Crippen molar-refractivity contribution in [2.75, 3.05) is 0 Å². The lowest BCUT2D eigenvalue weighted by atomic mass is 10.1. The quantitative estimate of drug-likeness (QED) is 0.589. The van der Waals surface area contributed by atoms with Crippen LogP contribution in [-0.4, -0.2) is 14.2 Å². The number of halogens is 1. The summed E-state index contributed by atoms with van der Waals surface area (Å²) in [5, 5.41) is 0.549. The van der Waals surface area contributed by atoms with Crippen LogP contribution in [0.15, 0.2) is 70.8 Å². The normalized spacial score (nSPS) is 12.2. The maximum atomic E-state index is 12.7. The smallest absolute Gasteiger partial charge is 0.241 e. The molecular formula is C20H20ClNO3S. The average molecular weight is 390 g/mol. The summed E-state index contributed by atoms with van der Waals surface area (Å²) in [6.45, 7) is 4.95. The molecule has 0 saturated carbocycles. The Morgan fingerprint density at radius 1 is 1.08 bits per heavy atom. The standard InChI is InChI=1S/C20H20ClNO3S/c1-14-4-11-19(12-5-14)26(24,25)22-20(13-6-15(2)16(3)23)17-7-9-18(21)10-8-17/h4-5,7-13,20,22H,1-3H3. The van der Waals surface area contributed by atoms with Gasteiger partial charge in [-0.2, -0.15) is 4.72 Å².